The minimum absolute atomic E-state index is 0.131. The van der Waals surface area contributed by atoms with E-state index in [0.717, 1.165) is 41.6 Å². The van der Waals surface area contributed by atoms with E-state index in [4.69, 9.17) is 19.4 Å². The Labute approximate surface area is 191 Å². The van der Waals surface area contributed by atoms with Crippen molar-refractivity contribution in [1.82, 2.24) is 14.9 Å². The first-order chi connectivity index (χ1) is 15.3. The molecule has 1 aliphatic heterocycles. The van der Waals surface area contributed by atoms with Crippen molar-refractivity contribution in [2.24, 2.45) is 0 Å². The third-order valence-corrected chi connectivity index (χ3v) is 6.38. The highest BCUT2D eigenvalue weighted by atomic mass is 16.5. The minimum Gasteiger partial charge on any atom is -0.496 e. The summed E-state index contributed by atoms with van der Waals surface area (Å²) >= 11 is 0. The molecule has 2 aromatic rings. The maximum Gasteiger partial charge on any atom is 0.228 e. The molecule has 0 spiro atoms. The smallest absolute Gasteiger partial charge is 0.228 e. The van der Waals surface area contributed by atoms with Gasteiger partial charge < -0.3 is 9.47 Å². The molecule has 7 heteroatoms. The van der Waals surface area contributed by atoms with Crippen LogP contribution in [0.25, 0.3) is 0 Å². The second-order valence-corrected chi connectivity index (χ2v) is 8.72. The number of ether oxygens (including phenoxy) is 2. The third-order valence-electron chi connectivity index (χ3n) is 6.38. The lowest BCUT2D eigenvalue weighted by atomic mass is 9.97. The highest BCUT2D eigenvalue weighted by molar-refractivity contribution is 5.95. The minimum atomic E-state index is 0.131. The molecule has 1 aliphatic rings. The number of carbonyl (C=O) groups excluding carboxylic acids is 1. The molecule has 2 heterocycles. The molecule has 0 aliphatic carbocycles. The molecule has 174 valence electrons. The summed E-state index contributed by atoms with van der Waals surface area (Å²) in [6.45, 7) is 11.0. The maximum atomic E-state index is 12.6. The molecule has 0 atom stereocenters. The van der Waals surface area contributed by atoms with Crippen LogP contribution in [0.5, 0.6) is 5.75 Å². The summed E-state index contributed by atoms with van der Waals surface area (Å²) in [7, 11) is 5.48. The van der Waals surface area contributed by atoms with Gasteiger partial charge in [-0.3, -0.25) is 14.6 Å². The van der Waals surface area contributed by atoms with Crippen LogP contribution in [0.2, 0.25) is 0 Å². The Morgan fingerprint density at radius 2 is 1.81 bits per heavy atom. The van der Waals surface area contributed by atoms with Gasteiger partial charge in [-0.05, 0) is 75.9 Å². The number of methoxy groups -OCH3 is 2. The lowest BCUT2D eigenvalue weighted by Gasteiger charge is -2.30. The van der Waals surface area contributed by atoms with Crippen molar-refractivity contribution in [1.29, 1.82) is 0 Å². The van der Waals surface area contributed by atoms with Crippen LogP contribution in [-0.2, 0) is 29.0 Å². The van der Waals surface area contributed by atoms with Gasteiger partial charge in [-0.2, -0.15) is 0 Å². The molecule has 0 N–H and O–H groups in total. The van der Waals surface area contributed by atoms with Crippen molar-refractivity contribution in [2.75, 3.05) is 39.3 Å². The molecule has 0 bridgehead atoms. The van der Waals surface area contributed by atoms with E-state index >= 15 is 0 Å². The first-order valence-electron chi connectivity index (χ1n) is 11.2. The topological polar surface area (TPSA) is 67.8 Å². The highest BCUT2D eigenvalue weighted by Crippen LogP contribution is 2.30. The first kappa shape index (κ1) is 24.1. The average Bonchev–Trinajstić information content (AvgIpc) is 2.75. The van der Waals surface area contributed by atoms with Gasteiger partial charge in [-0.25, -0.2) is 9.97 Å². The fraction of sp³-hybridized carbons (Fsp3) is 0.560. The molecule has 0 radical (unpaired) electrons. The Bertz CT molecular complexity index is 990. The van der Waals surface area contributed by atoms with E-state index < -0.39 is 0 Å². The van der Waals surface area contributed by atoms with Crippen LogP contribution in [0.1, 0.15) is 52.2 Å². The average molecular weight is 441 g/mol. The second-order valence-electron chi connectivity index (χ2n) is 8.72. The summed E-state index contributed by atoms with van der Waals surface area (Å²) in [5.74, 6) is 2.58. The molecule has 3 rings (SSSR count). The molecular weight excluding hydrogens is 404 g/mol. The predicted octanol–water partition coefficient (Wildman–Crippen LogP) is 3.67. The largest absolute Gasteiger partial charge is 0.496 e. The zero-order chi connectivity index (χ0) is 23.4. The quantitative estimate of drug-likeness (QED) is 0.554. The Morgan fingerprint density at radius 3 is 2.50 bits per heavy atom. The van der Waals surface area contributed by atoms with Crippen molar-refractivity contribution in [3.8, 4) is 5.75 Å². The van der Waals surface area contributed by atoms with Gasteiger partial charge >= 0.3 is 0 Å². The fourth-order valence-corrected chi connectivity index (χ4v) is 4.43. The van der Waals surface area contributed by atoms with Crippen molar-refractivity contribution in [3.63, 3.8) is 0 Å². The van der Waals surface area contributed by atoms with E-state index in [1.54, 1.807) is 14.2 Å². The van der Waals surface area contributed by atoms with Crippen LogP contribution in [0.15, 0.2) is 6.07 Å². The molecule has 32 heavy (non-hydrogen) atoms. The summed E-state index contributed by atoms with van der Waals surface area (Å²) in [5.41, 5.74) is 7.01. The summed E-state index contributed by atoms with van der Waals surface area (Å²) < 4.78 is 10.7. The molecule has 0 unspecified atom stereocenters. The Hall–Kier alpha value is -2.51. The third kappa shape index (κ3) is 5.10. The number of hydrogen-bond donors (Lipinski definition) is 0. The van der Waals surface area contributed by atoms with E-state index in [9.17, 15) is 4.79 Å². The van der Waals surface area contributed by atoms with Crippen LogP contribution in [-0.4, -0.2) is 55.2 Å². The lowest BCUT2D eigenvalue weighted by molar-refractivity contribution is -0.119. The number of nitrogens with zero attached hydrogens (tertiary/aromatic N) is 4. The van der Waals surface area contributed by atoms with Crippen LogP contribution in [0, 0.1) is 27.7 Å². The molecule has 0 saturated carbocycles. The summed E-state index contributed by atoms with van der Waals surface area (Å²) in [6.07, 6.45) is 2.01. The highest BCUT2D eigenvalue weighted by Gasteiger charge is 2.28. The van der Waals surface area contributed by atoms with Gasteiger partial charge in [0.25, 0.3) is 0 Å². The number of anilines is 1. The number of carbonyl (C=O) groups is 1. The summed E-state index contributed by atoms with van der Waals surface area (Å²) in [6, 6.07) is 2.11. The number of fused-ring (bicyclic) bond motifs is 1. The maximum absolute atomic E-state index is 12.6. The predicted molar refractivity (Wildman–Crippen MR) is 126 cm³/mol. The van der Waals surface area contributed by atoms with E-state index in [-0.39, 0.29) is 5.91 Å². The molecular formula is C25H36N4O3. The SMILES string of the molecule is COCCCN1C(=O)CCc2c(C)nc(CN(C)Cc3c(C)cc(OC)c(C)c3C)nc21. The number of hydrogen-bond acceptors (Lipinski definition) is 6. The van der Waals surface area contributed by atoms with Crippen molar-refractivity contribution >= 4 is 11.7 Å². The summed E-state index contributed by atoms with van der Waals surface area (Å²) in [5, 5.41) is 0. The van der Waals surface area contributed by atoms with E-state index in [0.29, 0.717) is 32.5 Å². The van der Waals surface area contributed by atoms with Crippen molar-refractivity contribution < 1.29 is 14.3 Å². The number of benzene rings is 1. The molecule has 1 aromatic carbocycles. The van der Waals surface area contributed by atoms with E-state index in [1.807, 2.05) is 11.8 Å². The zero-order valence-electron chi connectivity index (χ0n) is 20.5. The van der Waals surface area contributed by atoms with Gasteiger partial charge in [0.2, 0.25) is 5.91 Å². The first-order valence-corrected chi connectivity index (χ1v) is 11.2. The Morgan fingerprint density at radius 1 is 1.06 bits per heavy atom. The number of aryl methyl sites for hydroxylation is 2. The van der Waals surface area contributed by atoms with Gasteiger partial charge in [-0.1, -0.05) is 0 Å². The second kappa shape index (κ2) is 10.4. The molecule has 0 saturated heterocycles. The van der Waals surface area contributed by atoms with Gasteiger partial charge in [0.1, 0.15) is 17.4 Å². The fourth-order valence-electron chi connectivity index (χ4n) is 4.43. The van der Waals surface area contributed by atoms with Gasteiger partial charge in [0.05, 0.1) is 13.7 Å². The van der Waals surface area contributed by atoms with Crippen molar-refractivity contribution in [3.05, 3.63) is 45.4 Å². The van der Waals surface area contributed by atoms with Gasteiger partial charge in [0.15, 0.2) is 0 Å². The van der Waals surface area contributed by atoms with Gasteiger partial charge in [-0.15, -0.1) is 0 Å². The van der Waals surface area contributed by atoms with E-state index in [2.05, 4.69) is 38.8 Å². The van der Waals surface area contributed by atoms with Gasteiger partial charge in [0, 0.05) is 44.5 Å². The van der Waals surface area contributed by atoms with Crippen molar-refractivity contribution in [2.45, 2.75) is 60.0 Å². The normalized spacial score (nSPS) is 13.6. The number of rotatable bonds is 9. The van der Waals surface area contributed by atoms with Crippen LogP contribution in [0.3, 0.4) is 0 Å². The monoisotopic (exact) mass is 440 g/mol. The van der Waals surface area contributed by atoms with E-state index in [1.165, 1.54) is 22.3 Å². The zero-order valence-corrected chi connectivity index (χ0v) is 20.5. The molecule has 1 amide bonds. The van der Waals surface area contributed by atoms with Crippen LogP contribution >= 0.6 is 0 Å². The Kier molecular flexibility index (Phi) is 7.85. The molecule has 1 aromatic heterocycles. The summed E-state index contributed by atoms with van der Waals surface area (Å²) in [4.78, 5) is 26.3. The van der Waals surface area contributed by atoms with Crippen LogP contribution < -0.4 is 9.64 Å². The Balaban J connectivity index is 1.82. The number of amides is 1. The van der Waals surface area contributed by atoms with Crippen LogP contribution in [0.4, 0.5) is 5.82 Å². The molecule has 0 fully saturated rings. The standard InChI is InChI=1S/C25H36N4O3/c1-16-13-22(32-7)18(3)17(2)21(16)14-28(5)15-23-26-19(4)20-9-10-24(30)29(25(20)27-23)11-8-12-31-6/h13H,8-12,14-15H2,1-7H3. The molecule has 7 nitrogen and oxygen atoms in total. The lowest BCUT2D eigenvalue weighted by Crippen LogP contribution is -2.38. The number of aromatic nitrogens is 2.